The zero-order valence-corrected chi connectivity index (χ0v) is 9.79. The molecule has 3 fully saturated rings. The lowest BCUT2D eigenvalue weighted by Crippen LogP contribution is -2.29. The van der Waals surface area contributed by atoms with E-state index in [1.165, 1.54) is 19.3 Å². The Labute approximate surface area is 93.0 Å². The molecule has 0 aromatic rings. The molecule has 3 saturated carbocycles. The van der Waals surface area contributed by atoms with Crippen molar-refractivity contribution in [1.82, 2.24) is 5.32 Å². The summed E-state index contributed by atoms with van der Waals surface area (Å²) < 4.78 is 0. The maximum atomic E-state index is 11.8. The Balaban J connectivity index is 1.60. The van der Waals surface area contributed by atoms with E-state index in [1.807, 2.05) is 0 Å². The van der Waals surface area contributed by atoms with Crippen LogP contribution in [0.3, 0.4) is 0 Å². The lowest BCUT2D eigenvalue weighted by Gasteiger charge is -2.08. The van der Waals surface area contributed by atoms with Gasteiger partial charge in [-0.25, -0.2) is 0 Å². The number of hydrogen-bond donors (Lipinski definition) is 1. The van der Waals surface area contributed by atoms with Crippen molar-refractivity contribution in [3.05, 3.63) is 0 Å². The Kier molecular flexibility index (Phi) is 2.12. The predicted molar refractivity (Wildman–Crippen MR) is 58.1 cm³/mol. The fourth-order valence-corrected chi connectivity index (χ4v) is 4.16. The minimum atomic E-state index is 0.330. The van der Waals surface area contributed by atoms with Crippen LogP contribution in [-0.4, -0.2) is 17.8 Å². The van der Waals surface area contributed by atoms with Gasteiger partial charge in [-0.05, 0) is 42.9 Å². The van der Waals surface area contributed by atoms with E-state index >= 15 is 0 Å². The number of amides is 1. The fraction of sp³-hybridized carbons (Fsp3) is 0.909. The Morgan fingerprint density at radius 1 is 1.29 bits per heavy atom. The van der Waals surface area contributed by atoms with E-state index < -0.39 is 0 Å². The second-order valence-corrected chi connectivity index (χ2v) is 5.79. The minimum Gasteiger partial charge on any atom is -0.355 e. The summed E-state index contributed by atoms with van der Waals surface area (Å²) in [5.74, 6) is 4.11. The Morgan fingerprint density at radius 3 is 2.50 bits per heavy atom. The first-order chi connectivity index (χ1) is 6.83. The number of rotatable bonds is 3. The molecule has 0 saturated heterocycles. The lowest BCUT2D eigenvalue weighted by molar-refractivity contribution is -0.123. The van der Waals surface area contributed by atoms with E-state index in [0.717, 1.165) is 35.5 Å². The molecule has 1 N–H and O–H groups in total. The summed E-state index contributed by atoms with van der Waals surface area (Å²) in [6, 6.07) is 0. The highest BCUT2D eigenvalue weighted by atomic mass is 79.9. The van der Waals surface area contributed by atoms with Crippen molar-refractivity contribution in [2.75, 3.05) is 11.9 Å². The first kappa shape index (κ1) is 9.20. The monoisotopic (exact) mass is 257 g/mol. The summed E-state index contributed by atoms with van der Waals surface area (Å²) in [6.07, 6.45) is 4.22. The van der Waals surface area contributed by atoms with Crippen LogP contribution >= 0.6 is 15.9 Å². The topological polar surface area (TPSA) is 29.1 Å². The van der Waals surface area contributed by atoms with Crippen molar-refractivity contribution >= 4 is 21.8 Å². The molecule has 2 nitrogen and oxygen atoms in total. The van der Waals surface area contributed by atoms with Crippen molar-refractivity contribution in [2.45, 2.75) is 19.3 Å². The summed E-state index contributed by atoms with van der Waals surface area (Å²) in [7, 11) is 0. The molecule has 3 aliphatic rings. The van der Waals surface area contributed by atoms with Crippen molar-refractivity contribution in [1.29, 1.82) is 0 Å². The van der Waals surface area contributed by atoms with E-state index in [-0.39, 0.29) is 0 Å². The van der Waals surface area contributed by atoms with Gasteiger partial charge in [-0.15, -0.1) is 0 Å². The van der Waals surface area contributed by atoms with Crippen LogP contribution in [0.5, 0.6) is 0 Å². The average molecular weight is 258 g/mol. The number of alkyl halides is 1. The summed E-state index contributed by atoms with van der Waals surface area (Å²) in [4.78, 5) is 11.8. The highest BCUT2D eigenvalue weighted by Gasteiger charge is 2.67. The third-order valence-electron chi connectivity index (χ3n) is 4.43. The summed E-state index contributed by atoms with van der Waals surface area (Å²) in [5.41, 5.74) is 0. The molecular formula is C11H16BrNO. The van der Waals surface area contributed by atoms with Crippen LogP contribution in [0.2, 0.25) is 0 Å². The molecule has 4 atom stereocenters. The summed E-state index contributed by atoms with van der Waals surface area (Å²) in [5, 5.41) is 3.87. The molecule has 0 radical (unpaired) electrons. The fourth-order valence-electron chi connectivity index (χ4n) is 3.96. The predicted octanol–water partition coefficient (Wildman–Crippen LogP) is 1.79. The Morgan fingerprint density at radius 2 is 1.93 bits per heavy atom. The smallest absolute Gasteiger partial charge is 0.223 e. The maximum absolute atomic E-state index is 11.8. The molecule has 3 rings (SSSR count). The van der Waals surface area contributed by atoms with Crippen molar-refractivity contribution in [3.63, 3.8) is 0 Å². The van der Waals surface area contributed by atoms with Gasteiger partial charge in [0.2, 0.25) is 5.91 Å². The molecule has 4 unspecified atom stereocenters. The van der Waals surface area contributed by atoms with Gasteiger partial charge in [-0.2, -0.15) is 0 Å². The highest BCUT2D eigenvalue weighted by molar-refractivity contribution is 9.09. The largest absolute Gasteiger partial charge is 0.355 e. The van der Waals surface area contributed by atoms with Gasteiger partial charge in [0.1, 0.15) is 0 Å². The average Bonchev–Trinajstić information content (AvgIpc) is 2.64. The number of carbonyl (C=O) groups excluding carboxylic acids is 1. The summed E-state index contributed by atoms with van der Waals surface area (Å²) in [6.45, 7) is 0.782. The second kappa shape index (κ2) is 3.22. The molecule has 3 heteroatoms. The van der Waals surface area contributed by atoms with Gasteiger partial charge in [0.05, 0.1) is 0 Å². The first-order valence-electron chi connectivity index (χ1n) is 5.66. The Hall–Kier alpha value is -0.0500. The standard InChI is InChI=1S/C11H16BrNO/c12-3-4-13-11(14)10-8-6-1-2-7(5-6)9(8)10/h6-10H,1-5H2,(H,13,14). The zero-order chi connectivity index (χ0) is 9.71. The quantitative estimate of drug-likeness (QED) is 0.768. The van der Waals surface area contributed by atoms with E-state index in [2.05, 4.69) is 21.2 Å². The minimum absolute atomic E-state index is 0.330. The van der Waals surface area contributed by atoms with Crippen molar-refractivity contribution in [2.24, 2.45) is 29.6 Å². The van der Waals surface area contributed by atoms with Crippen LogP contribution in [0.1, 0.15) is 19.3 Å². The van der Waals surface area contributed by atoms with Gasteiger partial charge in [0, 0.05) is 17.8 Å². The van der Waals surface area contributed by atoms with Crippen LogP contribution in [0.15, 0.2) is 0 Å². The highest BCUT2D eigenvalue weighted by Crippen LogP contribution is 2.69. The molecule has 2 bridgehead atoms. The van der Waals surface area contributed by atoms with E-state index in [9.17, 15) is 4.79 Å². The van der Waals surface area contributed by atoms with Crippen molar-refractivity contribution in [3.8, 4) is 0 Å². The van der Waals surface area contributed by atoms with Gasteiger partial charge < -0.3 is 5.32 Å². The molecule has 78 valence electrons. The molecular weight excluding hydrogens is 242 g/mol. The van der Waals surface area contributed by atoms with Crippen LogP contribution in [-0.2, 0) is 4.79 Å². The molecule has 0 aliphatic heterocycles. The molecule has 1 amide bonds. The van der Waals surface area contributed by atoms with Crippen LogP contribution in [0, 0.1) is 29.6 Å². The molecule has 14 heavy (non-hydrogen) atoms. The van der Waals surface area contributed by atoms with E-state index in [4.69, 9.17) is 0 Å². The molecule has 0 spiro atoms. The number of carbonyl (C=O) groups is 1. The van der Waals surface area contributed by atoms with Crippen LogP contribution in [0.25, 0.3) is 0 Å². The number of hydrogen-bond acceptors (Lipinski definition) is 1. The lowest BCUT2D eigenvalue weighted by atomic mass is 10.0. The van der Waals surface area contributed by atoms with Crippen molar-refractivity contribution < 1.29 is 4.79 Å². The van der Waals surface area contributed by atoms with Gasteiger partial charge in [0.15, 0.2) is 0 Å². The summed E-state index contributed by atoms with van der Waals surface area (Å²) >= 11 is 3.33. The van der Waals surface area contributed by atoms with Crippen LogP contribution < -0.4 is 5.32 Å². The number of nitrogens with one attached hydrogen (secondary N) is 1. The molecule has 0 heterocycles. The van der Waals surface area contributed by atoms with E-state index in [1.54, 1.807) is 0 Å². The molecule has 0 aromatic carbocycles. The van der Waals surface area contributed by atoms with Gasteiger partial charge in [-0.1, -0.05) is 15.9 Å². The van der Waals surface area contributed by atoms with Crippen LogP contribution in [0.4, 0.5) is 0 Å². The van der Waals surface area contributed by atoms with Gasteiger partial charge in [0.25, 0.3) is 0 Å². The number of halogens is 1. The zero-order valence-electron chi connectivity index (χ0n) is 8.21. The second-order valence-electron chi connectivity index (χ2n) is 4.99. The Bertz CT molecular complexity index is 252. The van der Waals surface area contributed by atoms with E-state index in [0.29, 0.717) is 11.8 Å². The molecule has 3 aliphatic carbocycles. The third kappa shape index (κ3) is 1.17. The number of fused-ring (bicyclic) bond motifs is 5. The van der Waals surface area contributed by atoms with Gasteiger partial charge in [-0.3, -0.25) is 4.79 Å². The normalized spacial score (nSPS) is 47.6. The third-order valence-corrected chi connectivity index (χ3v) is 4.83. The SMILES string of the molecule is O=C(NCCBr)C1C2C3CCC(C3)C12. The first-order valence-corrected chi connectivity index (χ1v) is 6.78. The maximum Gasteiger partial charge on any atom is 0.223 e. The molecule has 0 aromatic heterocycles. The van der Waals surface area contributed by atoms with Gasteiger partial charge >= 0.3 is 0 Å².